The number of unbranched alkanes of at least 4 members (excludes halogenated alkanes) is 2. The lowest BCUT2D eigenvalue weighted by atomic mass is 9.98. The van der Waals surface area contributed by atoms with E-state index in [0.717, 1.165) is 72.8 Å². The zero-order valence-electron chi connectivity index (χ0n) is 20.9. The maximum absolute atomic E-state index is 12.8. The SMILES string of the molecule is CN(CCCC=O)CCCNC(=O)c1ccc2nc(-c3ccccc3)c(CCCCC(=O)O)cc2c1. The number of aryl methyl sites for hydroxylation is 1. The summed E-state index contributed by atoms with van der Waals surface area (Å²) in [6, 6.07) is 17.6. The highest BCUT2D eigenvalue weighted by molar-refractivity contribution is 5.98. The minimum absolute atomic E-state index is 0.115. The molecule has 3 aromatic rings. The van der Waals surface area contributed by atoms with Gasteiger partial charge in [-0.3, -0.25) is 9.59 Å². The number of aromatic nitrogens is 1. The van der Waals surface area contributed by atoms with Crippen molar-refractivity contribution in [1.82, 2.24) is 15.2 Å². The Morgan fingerprint density at radius 1 is 1.00 bits per heavy atom. The van der Waals surface area contributed by atoms with Gasteiger partial charge in [-0.05, 0) is 82.1 Å². The van der Waals surface area contributed by atoms with Gasteiger partial charge >= 0.3 is 5.97 Å². The van der Waals surface area contributed by atoms with E-state index in [9.17, 15) is 14.4 Å². The third kappa shape index (κ3) is 8.27. The Labute approximate surface area is 212 Å². The van der Waals surface area contributed by atoms with Crippen LogP contribution in [0.4, 0.5) is 0 Å². The fourth-order valence-corrected chi connectivity index (χ4v) is 4.20. The zero-order valence-corrected chi connectivity index (χ0v) is 20.9. The van der Waals surface area contributed by atoms with Crippen LogP contribution in [0, 0.1) is 0 Å². The van der Waals surface area contributed by atoms with E-state index in [0.29, 0.717) is 24.9 Å². The molecule has 0 saturated heterocycles. The minimum atomic E-state index is -0.782. The first-order valence-electron chi connectivity index (χ1n) is 12.6. The van der Waals surface area contributed by atoms with Crippen LogP contribution in [0.1, 0.15) is 54.4 Å². The molecule has 7 heteroatoms. The summed E-state index contributed by atoms with van der Waals surface area (Å²) in [5.74, 6) is -0.897. The van der Waals surface area contributed by atoms with Crippen LogP contribution in [0.15, 0.2) is 54.6 Å². The smallest absolute Gasteiger partial charge is 0.303 e. The molecule has 0 saturated carbocycles. The molecule has 2 aromatic carbocycles. The van der Waals surface area contributed by atoms with E-state index in [2.05, 4.69) is 16.3 Å². The van der Waals surface area contributed by atoms with Crippen molar-refractivity contribution in [3.8, 4) is 11.3 Å². The Bertz CT molecular complexity index is 1160. The van der Waals surface area contributed by atoms with Crippen LogP contribution >= 0.6 is 0 Å². The lowest BCUT2D eigenvalue weighted by Crippen LogP contribution is -2.28. The Kier molecular flexibility index (Phi) is 10.6. The van der Waals surface area contributed by atoms with E-state index in [1.54, 1.807) is 6.07 Å². The predicted octanol–water partition coefficient (Wildman–Crippen LogP) is 4.73. The van der Waals surface area contributed by atoms with E-state index in [4.69, 9.17) is 10.1 Å². The molecular formula is C29H35N3O4. The molecule has 0 aliphatic heterocycles. The Morgan fingerprint density at radius 3 is 2.53 bits per heavy atom. The van der Waals surface area contributed by atoms with Crippen molar-refractivity contribution in [2.75, 3.05) is 26.7 Å². The molecule has 0 radical (unpaired) electrons. The van der Waals surface area contributed by atoms with E-state index < -0.39 is 5.97 Å². The number of amides is 1. The Hall–Kier alpha value is -3.58. The molecule has 2 N–H and O–H groups in total. The second kappa shape index (κ2) is 14.1. The lowest BCUT2D eigenvalue weighted by Gasteiger charge is -2.16. The van der Waals surface area contributed by atoms with E-state index >= 15 is 0 Å². The number of pyridine rings is 1. The molecule has 0 atom stereocenters. The van der Waals surface area contributed by atoms with Crippen LogP contribution in [-0.2, 0) is 16.0 Å². The van der Waals surface area contributed by atoms with Gasteiger partial charge in [0.05, 0.1) is 11.2 Å². The van der Waals surface area contributed by atoms with E-state index in [1.165, 1.54) is 0 Å². The molecule has 7 nitrogen and oxygen atoms in total. The maximum atomic E-state index is 12.8. The normalized spacial score (nSPS) is 11.1. The largest absolute Gasteiger partial charge is 0.481 e. The van der Waals surface area contributed by atoms with Crippen LogP contribution in [-0.4, -0.2) is 59.8 Å². The monoisotopic (exact) mass is 489 g/mol. The molecule has 0 bridgehead atoms. The van der Waals surface area contributed by atoms with Gasteiger partial charge in [-0.25, -0.2) is 4.98 Å². The first-order valence-corrected chi connectivity index (χ1v) is 12.6. The average molecular weight is 490 g/mol. The number of nitrogens with zero attached hydrogens (tertiary/aromatic N) is 2. The van der Waals surface area contributed by atoms with Crippen LogP contribution in [0.25, 0.3) is 22.2 Å². The molecule has 1 aromatic heterocycles. The van der Waals surface area contributed by atoms with E-state index in [-0.39, 0.29) is 12.3 Å². The van der Waals surface area contributed by atoms with Crippen molar-refractivity contribution in [2.45, 2.75) is 44.9 Å². The van der Waals surface area contributed by atoms with Gasteiger partial charge in [0.1, 0.15) is 6.29 Å². The summed E-state index contributed by atoms with van der Waals surface area (Å²) in [4.78, 5) is 41.2. The van der Waals surface area contributed by atoms with Crippen molar-refractivity contribution in [1.29, 1.82) is 0 Å². The minimum Gasteiger partial charge on any atom is -0.481 e. The van der Waals surface area contributed by atoms with Gasteiger partial charge < -0.3 is 20.1 Å². The summed E-state index contributed by atoms with van der Waals surface area (Å²) < 4.78 is 0. The second-order valence-electron chi connectivity index (χ2n) is 9.09. The van der Waals surface area contributed by atoms with Gasteiger partial charge in [-0.15, -0.1) is 0 Å². The first-order chi connectivity index (χ1) is 17.5. The van der Waals surface area contributed by atoms with Gasteiger partial charge in [0.25, 0.3) is 5.91 Å². The third-order valence-corrected chi connectivity index (χ3v) is 6.15. The number of carbonyl (C=O) groups is 3. The summed E-state index contributed by atoms with van der Waals surface area (Å²) in [7, 11) is 2.02. The number of carboxylic acid groups (broad SMARTS) is 1. The van der Waals surface area contributed by atoms with Crippen LogP contribution < -0.4 is 5.32 Å². The molecule has 1 amide bonds. The van der Waals surface area contributed by atoms with Gasteiger partial charge in [0, 0.05) is 35.9 Å². The van der Waals surface area contributed by atoms with Crippen molar-refractivity contribution >= 4 is 29.1 Å². The number of hydrogen-bond donors (Lipinski definition) is 2. The molecule has 0 fully saturated rings. The van der Waals surface area contributed by atoms with Crippen molar-refractivity contribution in [3.63, 3.8) is 0 Å². The highest BCUT2D eigenvalue weighted by Crippen LogP contribution is 2.27. The number of nitrogens with one attached hydrogen (secondary N) is 1. The van der Waals surface area contributed by atoms with Crippen molar-refractivity contribution in [2.24, 2.45) is 0 Å². The van der Waals surface area contributed by atoms with Gasteiger partial charge in [-0.2, -0.15) is 0 Å². The molecule has 1 heterocycles. The number of aliphatic carboxylic acids is 1. The lowest BCUT2D eigenvalue weighted by molar-refractivity contribution is -0.137. The average Bonchev–Trinajstić information content (AvgIpc) is 2.88. The Morgan fingerprint density at radius 2 is 1.78 bits per heavy atom. The summed E-state index contributed by atoms with van der Waals surface area (Å²) in [5.41, 5.74) is 4.37. The summed E-state index contributed by atoms with van der Waals surface area (Å²) >= 11 is 0. The van der Waals surface area contributed by atoms with Crippen LogP contribution in [0.5, 0.6) is 0 Å². The number of carbonyl (C=O) groups excluding carboxylic acids is 2. The third-order valence-electron chi connectivity index (χ3n) is 6.15. The van der Waals surface area contributed by atoms with Crippen molar-refractivity contribution in [3.05, 3.63) is 65.7 Å². The highest BCUT2D eigenvalue weighted by atomic mass is 16.4. The molecule has 0 aliphatic carbocycles. The number of rotatable bonds is 15. The summed E-state index contributed by atoms with van der Waals surface area (Å²) in [6.07, 6.45) is 5.44. The number of carboxylic acids is 1. The Balaban J connectivity index is 1.69. The highest BCUT2D eigenvalue weighted by Gasteiger charge is 2.12. The number of fused-ring (bicyclic) bond motifs is 1. The molecule has 190 valence electrons. The van der Waals surface area contributed by atoms with Gasteiger partial charge in [-0.1, -0.05) is 30.3 Å². The number of hydrogen-bond acceptors (Lipinski definition) is 5. The van der Waals surface area contributed by atoms with Crippen LogP contribution in [0.3, 0.4) is 0 Å². The fourth-order valence-electron chi connectivity index (χ4n) is 4.20. The molecule has 3 rings (SSSR count). The van der Waals surface area contributed by atoms with Gasteiger partial charge in [0.2, 0.25) is 0 Å². The summed E-state index contributed by atoms with van der Waals surface area (Å²) in [5, 5.41) is 12.8. The first kappa shape index (κ1) is 27.0. The summed E-state index contributed by atoms with van der Waals surface area (Å²) in [6.45, 7) is 2.30. The topological polar surface area (TPSA) is 99.6 Å². The quantitative estimate of drug-likeness (QED) is 0.237. The number of aldehydes is 1. The fraction of sp³-hybridized carbons (Fsp3) is 0.379. The zero-order chi connectivity index (χ0) is 25.8. The predicted molar refractivity (Wildman–Crippen MR) is 142 cm³/mol. The molecule has 0 spiro atoms. The second-order valence-corrected chi connectivity index (χ2v) is 9.09. The standard InChI is InChI=1S/C29H35N3O4/c1-32(17-7-8-19-33)18-9-16-30-29(36)24-14-15-26-25(21-24)20-23(12-5-6-13-27(34)35)28(31-26)22-10-3-2-4-11-22/h2-4,10-11,14-15,19-21H,5-9,12-13,16-18H2,1H3,(H,30,36)(H,34,35). The number of benzene rings is 2. The van der Waals surface area contributed by atoms with Gasteiger partial charge in [0.15, 0.2) is 0 Å². The molecule has 0 aliphatic rings. The van der Waals surface area contributed by atoms with Crippen molar-refractivity contribution < 1.29 is 19.5 Å². The molecule has 36 heavy (non-hydrogen) atoms. The molecular weight excluding hydrogens is 454 g/mol. The van der Waals surface area contributed by atoms with Crippen LogP contribution in [0.2, 0.25) is 0 Å². The van der Waals surface area contributed by atoms with E-state index in [1.807, 2.05) is 49.5 Å². The molecule has 0 unspecified atom stereocenters. The maximum Gasteiger partial charge on any atom is 0.303 e.